The van der Waals surface area contributed by atoms with Gasteiger partial charge in [-0.25, -0.2) is 4.39 Å². The summed E-state index contributed by atoms with van der Waals surface area (Å²) in [7, 11) is 0. The summed E-state index contributed by atoms with van der Waals surface area (Å²) in [5.74, 6) is -0.154. The van der Waals surface area contributed by atoms with Crippen LogP contribution in [-0.2, 0) is 0 Å². The van der Waals surface area contributed by atoms with Gasteiger partial charge in [0, 0.05) is 11.3 Å². The summed E-state index contributed by atoms with van der Waals surface area (Å²) in [5.41, 5.74) is 6.77. The van der Waals surface area contributed by atoms with Crippen LogP contribution in [0.5, 0.6) is 0 Å². The van der Waals surface area contributed by atoms with Crippen molar-refractivity contribution in [2.24, 2.45) is 5.73 Å². The SMILES string of the molecule is CC1=C(N)CCC=C1F. The Hall–Kier alpha value is -0.790. The van der Waals surface area contributed by atoms with E-state index in [0.29, 0.717) is 11.3 Å². The lowest BCUT2D eigenvalue weighted by molar-refractivity contribution is 0.627. The van der Waals surface area contributed by atoms with Crippen LogP contribution in [0.25, 0.3) is 0 Å². The highest BCUT2D eigenvalue weighted by Gasteiger charge is 2.07. The predicted molar refractivity (Wildman–Crippen MR) is 35.3 cm³/mol. The molecule has 1 aliphatic rings. The van der Waals surface area contributed by atoms with Crippen LogP contribution in [0.15, 0.2) is 23.2 Å². The molecule has 0 aromatic rings. The Labute approximate surface area is 54.0 Å². The van der Waals surface area contributed by atoms with Crippen LogP contribution in [0.4, 0.5) is 4.39 Å². The van der Waals surface area contributed by atoms with Crippen LogP contribution in [0.2, 0.25) is 0 Å². The van der Waals surface area contributed by atoms with E-state index in [1.807, 2.05) is 0 Å². The minimum atomic E-state index is -0.154. The lowest BCUT2D eigenvalue weighted by Gasteiger charge is -2.09. The van der Waals surface area contributed by atoms with Crippen molar-refractivity contribution in [3.63, 3.8) is 0 Å². The standard InChI is InChI=1S/C7H10FN/c1-5-6(8)3-2-4-7(5)9/h3H,2,4,9H2,1H3. The zero-order valence-electron chi connectivity index (χ0n) is 5.45. The van der Waals surface area contributed by atoms with Crippen molar-refractivity contribution in [1.29, 1.82) is 0 Å². The second-order valence-electron chi connectivity index (χ2n) is 2.24. The van der Waals surface area contributed by atoms with E-state index in [-0.39, 0.29) is 5.83 Å². The lowest BCUT2D eigenvalue weighted by Crippen LogP contribution is -2.04. The van der Waals surface area contributed by atoms with Gasteiger partial charge in [0.2, 0.25) is 0 Å². The molecule has 0 amide bonds. The van der Waals surface area contributed by atoms with E-state index < -0.39 is 0 Å². The van der Waals surface area contributed by atoms with Gasteiger partial charge in [-0.15, -0.1) is 0 Å². The molecule has 0 spiro atoms. The fourth-order valence-corrected chi connectivity index (χ4v) is 0.848. The predicted octanol–water partition coefficient (Wildman–Crippen LogP) is 1.87. The van der Waals surface area contributed by atoms with Gasteiger partial charge < -0.3 is 5.73 Å². The van der Waals surface area contributed by atoms with Gasteiger partial charge in [-0.05, 0) is 25.8 Å². The van der Waals surface area contributed by atoms with Crippen LogP contribution in [-0.4, -0.2) is 0 Å². The molecule has 50 valence electrons. The number of hydrogen-bond acceptors (Lipinski definition) is 1. The molecule has 2 heteroatoms. The van der Waals surface area contributed by atoms with Crippen molar-refractivity contribution in [2.75, 3.05) is 0 Å². The van der Waals surface area contributed by atoms with Crippen LogP contribution in [0, 0.1) is 0 Å². The third-order valence-electron chi connectivity index (χ3n) is 1.58. The van der Waals surface area contributed by atoms with E-state index in [9.17, 15) is 4.39 Å². The third kappa shape index (κ3) is 1.12. The molecule has 0 fully saturated rings. The Bertz CT molecular complexity index is 179. The Kier molecular flexibility index (Phi) is 1.56. The van der Waals surface area contributed by atoms with Crippen molar-refractivity contribution in [2.45, 2.75) is 19.8 Å². The van der Waals surface area contributed by atoms with Crippen LogP contribution in [0.1, 0.15) is 19.8 Å². The number of hydrogen-bond donors (Lipinski definition) is 1. The molecule has 0 atom stereocenters. The van der Waals surface area contributed by atoms with Crippen molar-refractivity contribution in [3.05, 3.63) is 23.2 Å². The maximum absolute atomic E-state index is 12.6. The number of rotatable bonds is 0. The summed E-state index contributed by atoms with van der Waals surface area (Å²) >= 11 is 0. The zero-order valence-corrected chi connectivity index (χ0v) is 5.45. The second-order valence-corrected chi connectivity index (χ2v) is 2.24. The highest BCUT2D eigenvalue weighted by atomic mass is 19.1. The van der Waals surface area contributed by atoms with Gasteiger partial charge in [0.05, 0.1) is 0 Å². The molecule has 0 unspecified atom stereocenters. The Balaban J connectivity index is 2.88. The van der Waals surface area contributed by atoms with Gasteiger partial charge in [-0.1, -0.05) is 0 Å². The number of nitrogens with two attached hydrogens (primary N) is 1. The normalized spacial score (nSPS) is 20.0. The Morgan fingerprint density at radius 1 is 1.67 bits per heavy atom. The van der Waals surface area contributed by atoms with Gasteiger partial charge in [-0.3, -0.25) is 0 Å². The Morgan fingerprint density at radius 3 is 2.78 bits per heavy atom. The van der Waals surface area contributed by atoms with Crippen LogP contribution in [0.3, 0.4) is 0 Å². The average Bonchev–Trinajstić information content (AvgIpc) is 1.83. The highest BCUT2D eigenvalue weighted by Crippen LogP contribution is 2.21. The van der Waals surface area contributed by atoms with Crippen LogP contribution >= 0.6 is 0 Å². The van der Waals surface area contributed by atoms with Crippen molar-refractivity contribution in [3.8, 4) is 0 Å². The molecule has 0 saturated heterocycles. The fourth-order valence-electron chi connectivity index (χ4n) is 0.848. The molecule has 1 nitrogen and oxygen atoms in total. The van der Waals surface area contributed by atoms with Gasteiger partial charge >= 0.3 is 0 Å². The van der Waals surface area contributed by atoms with E-state index in [2.05, 4.69) is 0 Å². The maximum atomic E-state index is 12.6. The largest absolute Gasteiger partial charge is 0.402 e. The summed E-state index contributed by atoms with van der Waals surface area (Å²) in [6.07, 6.45) is 3.12. The summed E-state index contributed by atoms with van der Waals surface area (Å²) in [4.78, 5) is 0. The smallest absolute Gasteiger partial charge is 0.123 e. The number of allylic oxidation sites excluding steroid dienone is 4. The van der Waals surface area contributed by atoms with Gasteiger partial charge in [0.15, 0.2) is 0 Å². The first-order valence-corrected chi connectivity index (χ1v) is 3.03. The van der Waals surface area contributed by atoms with E-state index in [4.69, 9.17) is 5.73 Å². The topological polar surface area (TPSA) is 26.0 Å². The van der Waals surface area contributed by atoms with E-state index in [1.165, 1.54) is 0 Å². The minimum absolute atomic E-state index is 0.154. The molecule has 0 heterocycles. The molecule has 9 heavy (non-hydrogen) atoms. The van der Waals surface area contributed by atoms with E-state index in [0.717, 1.165) is 12.8 Å². The van der Waals surface area contributed by atoms with E-state index in [1.54, 1.807) is 13.0 Å². The molecule has 1 rings (SSSR count). The van der Waals surface area contributed by atoms with Crippen molar-refractivity contribution < 1.29 is 4.39 Å². The lowest BCUT2D eigenvalue weighted by atomic mass is 10.0. The molecule has 0 saturated carbocycles. The maximum Gasteiger partial charge on any atom is 0.123 e. The molecular weight excluding hydrogens is 117 g/mol. The van der Waals surface area contributed by atoms with Crippen LogP contribution < -0.4 is 5.73 Å². The summed E-state index contributed by atoms with van der Waals surface area (Å²) in [5, 5.41) is 0. The number of halogens is 1. The summed E-state index contributed by atoms with van der Waals surface area (Å²) < 4.78 is 12.6. The molecule has 0 aromatic heterocycles. The van der Waals surface area contributed by atoms with Crippen molar-refractivity contribution >= 4 is 0 Å². The molecular formula is C7H10FN. The molecule has 0 radical (unpaired) electrons. The monoisotopic (exact) mass is 127 g/mol. The highest BCUT2D eigenvalue weighted by molar-refractivity contribution is 5.30. The van der Waals surface area contributed by atoms with E-state index >= 15 is 0 Å². The summed E-state index contributed by atoms with van der Waals surface area (Å²) in [6.45, 7) is 1.71. The van der Waals surface area contributed by atoms with Gasteiger partial charge in [-0.2, -0.15) is 0 Å². The third-order valence-corrected chi connectivity index (χ3v) is 1.58. The minimum Gasteiger partial charge on any atom is -0.402 e. The summed E-state index contributed by atoms with van der Waals surface area (Å²) in [6, 6.07) is 0. The first-order valence-electron chi connectivity index (χ1n) is 3.03. The Morgan fingerprint density at radius 2 is 2.33 bits per heavy atom. The first-order chi connectivity index (χ1) is 4.22. The fraction of sp³-hybridized carbons (Fsp3) is 0.429. The molecule has 2 N–H and O–H groups in total. The zero-order chi connectivity index (χ0) is 6.85. The molecule has 0 aliphatic heterocycles. The first kappa shape index (κ1) is 6.33. The van der Waals surface area contributed by atoms with Gasteiger partial charge in [0.25, 0.3) is 0 Å². The molecule has 0 aromatic carbocycles. The van der Waals surface area contributed by atoms with Gasteiger partial charge in [0.1, 0.15) is 5.83 Å². The molecule has 0 bridgehead atoms. The molecule has 1 aliphatic carbocycles. The average molecular weight is 127 g/mol. The second kappa shape index (κ2) is 2.21. The quantitative estimate of drug-likeness (QED) is 0.528. The van der Waals surface area contributed by atoms with Crippen molar-refractivity contribution in [1.82, 2.24) is 0 Å².